The molecule has 0 aliphatic carbocycles. The highest BCUT2D eigenvalue weighted by atomic mass is 32.2. The van der Waals surface area contributed by atoms with Crippen LogP contribution in [0, 0.1) is 23.0 Å². The molecule has 0 aromatic heterocycles. The van der Waals surface area contributed by atoms with E-state index < -0.39 is 12.1 Å². The van der Waals surface area contributed by atoms with Crippen molar-refractivity contribution < 1.29 is 19.0 Å². The van der Waals surface area contributed by atoms with Crippen LogP contribution in [-0.4, -0.2) is 37.3 Å². The lowest BCUT2D eigenvalue weighted by atomic mass is 10.3. The van der Waals surface area contributed by atoms with Crippen molar-refractivity contribution in [1.29, 1.82) is 10.5 Å². The van der Waals surface area contributed by atoms with E-state index in [4.69, 9.17) is 15.3 Å². The molecular formula is C9H12N2O4S. The van der Waals surface area contributed by atoms with Gasteiger partial charge in [0.15, 0.2) is 0 Å². The monoisotopic (exact) mass is 244 g/mol. The van der Waals surface area contributed by atoms with Crippen LogP contribution in [-0.2, 0) is 19.0 Å². The van der Waals surface area contributed by atoms with Crippen LogP contribution in [0.5, 0.6) is 0 Å². The number of rotatable bonds is 8. The third-order valence-corrected chi connectivity index (χ3v) is 2.18. The zero-order chi connectivity index (χ0) is 12.2. The molecular weight excluding hydrogens is 232 g/mol. The van der Waals surface area contributed by atoms with E-state index in [0.717, 1.165) is 0 Å². The van der Waals surface area contributed by atoms with Crippen LogP contribution in [0.15, 0.2) is 0 Å². The summed E-state index contributed by atoms with van der Waals surface area (Å²) in [5, 5.41) is 16.4. The van der Waals surface area contributed by atoms with Crippen LogP contribution in [0.3, 0.4) is 0 Å². The number of thioether (sulfide) groups is 1. The lowest BCUT2D eigenvalue weighted by Gasteiger charge is -2.11. The second kappa shape index (κ2) is 9.94. The van der Waals surface area contributed by atoms with Crippen LogP contribution in [0.2, 0.25) is 0 Å². The molecule has 1 atom stereocenters. The largest absolute Gasteiger partial charge is 0.459 e. The number of esters is 1. The maximum Gasteiger partial charge on any atom is 0.348 e. The van der Waals surface area contributed by atoms with E-state index in [1.165, 1.54) is 12.5 Å². The smallest absolute Gasteiger partial charge is 0.348 e. The average molecular weight is 244 g/mol. The topological polar surface area (TPSA) is 92.3 Å². The molecule has 0 aromatic carbocycles. The number of nitriles is 2. The molecule has 0 saturated heterocycles. The van der Waals surface area contributed by atoms with E-state index in [1.807, 2.05) is 6.26 Å². The highest BCUT2D eigenvalue weighted by Gasteiger charge is 2.21. The predicted octanol–water partition coefficient (Wildman–Crippen LogP) is 0.647. The van der Waals surface area contributed by atoms with Crippen LogP contribution >= 0.6 is 11.8 Å². The Balaban J connectivity index is 3.88. The van der Waals surface area contributed by atoms with Gasteiger partial charge in [0.2, 0.25) is 6.10 Å². The molecule has 7 heteroatoms. The zero-order valence-electron chi connectivity index (χ0n) is 8.84. The molecule has 0 fully saturated rings. The molecule has 0 saturated carbocycles. The van der Waals surface area contributed by atoms with Gasteiger partial charge in [-0.3, -0.25) is 0 Å². The fraction of sp³-hybridized carbons (Fsp3) is 0.667. The van der Waals surface area contributed by atoms with Crippen molar-refractivity contribution >= 4 is 17.7 Å². The first-order chi connectivity index (χ1) is 7.76. The third-order valence-electron chi connectivity index (χ3n) is 1.54. The Morgan fingerprint density at radius 2 is 2.12 bits per heavy atom. The van der Waals surface area contributed by atoms with Crippen LogP contribution in [0.25, 0.3) is 0 Å². The Morgan fingerprint density at radius 3 is 2.69 bits per heavy atom. The van der Waals surface area contributed by atoms with E-state index in [1.54, 1.807) is 11.8 Å². The Bertz CT molecular complexity index is 284. The number of carbonyl (C=O) groups is 1. The fourth-order valence-corrected chi connectivity index (χ4v) is 1.29. The van der Waals surface area contributed by atoms with Crippen molar-refractivity contribution in [2.45, 2.75) is 12.5 Å². The van der Waals surface area contributed by atoms with Crippen molar-refractivity contribution in [3.05, 3.63) is 0 Å². The van der Waals surface area contributed by atoms with Gasteiger partial charge >= 0.3 is 5.97 Å². The van der Waals surface area contributed by atoms with Gasteiger partial charge in [-0.25, -0.2) is 4.79 Å². The van der Waals surface area contributed by atoms with E-state index in [-0.39, 0.29) is 13.2 Å². The molecule has 0 aliphatic rings. The maximum absolute atomic E-state index is 11.4. The fourth-order valence-electron chi connectivity index (χ4n) is 0.836. The third kappa shape index (κ3) is 6.80. The van der Waals surface area contributed by atoms with E-state index in [0.29, 0.717) is 12.2 Å². The number of nitrogens with zero attached hydrogens (tertiary/aromatic N) is 2. The maximum atomic E-state index is 11.4. The van der Waals surface area contributed by atoms with Crippen molar-refractivity contribution in [2.24, 2.45) is 0 Å². The number of carbonyl (C=O) groups excluding carboxylic acids is 1. The minimum Gasteiger partial charge on any atom is -0.459 e. The zero-order valence-corrected chi connectivity index (χ0v) is 9.66. The summed E-state index contributed by atoms with van der Waals surface area (Å²) in [5.41, 5.74) is 0. The van der Waals surface area contributed by atoms with Gasteiger partial charge in [-0.15, -0.1) is 0 Å². The summed E-state index contributed by atoms with van der Waals surface area (Å²) >= 11 is 1.54. The standard InChI is InChI=1S/C9H12N2O4S/c1-16-5-2-8(15-7-11)9(12)14-4-3-13-6-10/h8H,2-5H2,1H3. The van der Waals surface area contributed by atoms with Gasteiger partial charge in [0.05, 0.1) is 0 Å². The summed E-state index contributed by atoms with van der Waals surface area (Å²) in [5.74, 6) is 0.0769. The van der Waals surface area contributed by atoms with Crippen LogP contribution in [0.1, 0.15) is 6.42 Å². The first-order valence-corrected chi connectivity index (χ1v) is 5.86. The summed E-state index contributed by atoms with van der Waals surface area (Å²) in [6.45, 7) is -0.0268. The lowest BCUT2D eigenvalue weighted by molar-refractivity contribution is -0.154. The number of hydrogen-bond acceptors (Lipinski definition) is 7. The molecule has 1 unspecified atom stereocenters. The quantitative estimate of drug-likeness (QED) is 0.351. The van der Waals surface area contributed by atoms with E-state index in [9.17, 15) is 4.79 Å². The van der Waals surface area contributed by atoms with Gasteiger partial charge in [-0.1, -0.05) is 0 Å². The van der Waals surface area contributed by atoms with Crippen molar-refractivity contribution in [2.75, 3.05) is 25.2 Å². The van der Waals surface area contributed by atoms with Crippen molar-refractivity contribution in [1.82, 2.24) is 0 Å². The molecule has 6 nitrogen and oxygen atoms in total. The first-order valence-electron chi connectivity index (χ1n) is 4.47. The molecule has 88 valence electrons. The van der Waals surface area contributed by atoms with Gasteiger partial charge in [0, 0.05) is 6.42 Å². The summed E-state index contributed by atoms with van der Waals surface area (Å²) in [6, 6.07) is 0. The normalized spacial score (nSPS) is 10.7. The number of ether oxygens (including phenoxy) is 3. The minimum atomic E-state index is -0.875. The highest BCUT2D eigenvalue weighted by Crippen LogP contribution is 2.06. The SMILES string of the molecule is CSCCC(OC#N)C(=O)OCCOC#N. The second-order valence-electron chi connectivity index (χ2n) is 2.59. The summed E-state index contributed by atoms with van der Waals surface area (Å²) in [7, 11) is 0. The molecule has 0 rings (SSSR count). The predicted molar refractivity (Wildman–Crippen MR) is 56.0 cm³/mol. The molecule has 0 amide bonds. The summed E-state index contributed by atoms with van der Waals surface area (Å²) in [4.78, 5) is 11.4. The van der Waals surface area contributed by atoms with Gasteiger partial charge in [0.1, 0.15) is 13.2 Å². The Labute approximate surface area is 98.1 Å². The molecule has 0 radical (unpaired) electrons. The molecule has 16 heavy (non-hydrogen) atoms. The van der Waals surface area contributed by atoms with Crippen molar-refractivity contribution in [3.8, 4) is 12.5 Å². The first kappa shape index (κ1) is 14.4. The summed E-state index contributed by atoms with van der Waals surface area (Å²) in [6.07, 6.45) is 4.34. The summed E-state index contributed by atoms with van der Waals surface area (Å²) < 4.78 is 13.7. The molecule has 0 N–H and O–H groups in total. The second-order valence-corrected chi connectivity index (χ2v) is 3.57. The van der Waals surface area contributed by atoms with Gasteiger partial charge in [-0.2, -0.15) is 22.3 Å². The molecule has 0 spiro atoms. The van der Waals surface area contributed by atoms with E-state index >= 15 is 0 Å². The highest BCUT2D eigenvalue weighted by molar-refractivity contribution is 7.98. The number of hydrogen-bond donors (Lipinski definition) is 0. The van der Waals surface area contributed by atoms with Gasteiger partial charge in [0.25, 0.3) is 12.5 Å². The molecule has 0 bridgehead atoms. The lowest BCUT2D eigenvalue weighted by Crippen LogP contribution is -2.27. The van der Waals surface area contributed by atoms with E-state index in [2.05, 4.69) is 9.47 Å². The average Bonchev–Trinajstić information content (AvgIpc) is 2.29. The Hall–Kier alpha value is -1.60. The Kier molecular flexibility index (Phi) is 8.94. The van der Waals surface area contributed by atoms with Crippen LogP contribution < -0.4 is 0 Å². The van der Waals surface area contributed by atoms with Crippen LogP contribution in [0.4, 0.5) is 0 Å². The molecule has 0 heterocycles. The van der Waals surface area contributed by atoms with Gasteiger partial charge in [-0.05, 0) is 12.0 Å². The van der Waals surface area contributed by atoms with Crippen molar-refractivity contribution in [3.63, 3.8) is 0 Å². The van der Waals surface area contributed by atoms with Gasteiger partial charge < -0.3 is 14.2 Å². The Morgan fingerprint density at radius 1 is 1.38 bits per heavy atom. The molecule has 0 aromatic rings. The molecule has 0 aliphatic heterocycles. The minimum absolute atomic E-state index is 0.00401.